The third kappa shape index (κ3) is 4.93. The maximum atomic E-state index is 13.5. The first-order valence-corrected chi connectivity index (χ1v) is 13.6. The topological polar surface area (TPSA) is 128 Å². The van der Waals surface area contributed by atoms with Crippen LogP contribution in [0.1, 0.15) is 19.4 Å². The number of aromatic nitrogens is 1. The van der Waals surface area contributed by atoms with Gasteiger partial charge in [0, 0.05) is 9.26 Å². The summed E-state index contributed by atoms with van der Waals surface area (Å²) in [7, 11) is 0. The van der Waals surface area contributed by atoms with Crippen LogP contribution >= 0.6 is 46.1 Å². The molecule has 2 heterocycles. The Morgan fingerprint density at radius 1 is 1.15 bits per heavy atom. The molecular weight excluding hydrogens is 651 g/mol. The lowest BCUT2D eigenvalue weighted by Gasteiger charge is -2.29. The van der Waals surface area contributed by atoms with E-state index in [0.717, 1.165) is 8.27 Å². The van der Waals surface area contributed by atoms with Crippen LogP contribution in [0.3, 0.4) is 0 Å². The van der Waals surface area contributed by atoms with Crippen molar-refractivity contribution in [1.82, 2.24) is 4.98 Å². The van der Waals surface area contributed by atoms with Gasteiger partial charge < -0.3 is 9.64 Å². The molecule has 4 aromatic rings. The predicted octanol–water partition coefficient (Wildman–Crippen LogP) is 6.70. The number of nitrogens with one attached hydrogen (secondary N) is 1. The van der Waals surface area contributed by atoms with Gasteiger partial charge in [0.15, 0.2) is 10.2 Å². The smallest absolute Gasteiger partial charge is 0.410 e. The quantitative estimate of drug-likeness (QED) is 0.141. The molecule has 194 valence electrons. The number of hydrogen-bond donors (Lipinski definition) is 1. The summed E-state index contributed by atoms with van der Waals surface area (Å²) in [5, 5.41) is 15.3. The molecule has 3 aromatic carbocycles. The summed E-state index contributed by atoms with van der Waals surface area (Å²) < 4.78 is 6.76. The summed E-state index contributed by atoms with van der Waals surface area (Å²) in [4.78, 5) is 44.1. The van der Waals surface area contributed by atoms with E-state index < -0.39 is 11.6 Å². The number of carbonyl (C=O) groups excluding carboxylic acids is 2. The molecule has 0 spiro atoms. The average molecular weight is 668 g/mol. The van der Waals surface area contributed by atoms with Crippen LogP contribution in [0.15, 0.2) is 65.8 Å². The third-order valence-electron chi connectivity index (χ3n) is 5.99. The number of halogens is 1. The highest BCUT2D eigenvalue weighted by atomic mass is 127. The molecule has 13 heteroatoms. The molecule has 0 radical (unpaired) electrons. The van der Waals surface area contributed by atoms with Crippen LogP contribution < -0.4 is 19.9 Å². The Balaban J connectivity index is 1.39. The zero-order valence-electron chi connectivity index (χ0n) is 20.3. The van der Waals surface area contributed by atoms with Crippen molar-refractivity contribution in [2.24, 2.45) is 5.18 Å². The molecule has 0 atom stereocenters. The van der Waals surface area contributed by atoms with Crippen molar-refractivity contribution in [2.45, 2.75) is 19.4 Å². The fraction of sp³-hybridized carbons (Fsp3) is 0.115. The molecule has 1 N–H and O–H groups in total. The van der Waals surface area contributed by atoms with E-state index in [1.807, 2.05) is 12.1 Å². The molecule has 0 saturated carbocycles. The van der Waals surface area contributed by atoms with Gasteiger partial charge in [0.25, 0.3) is 5.91 Å². The zero-order valence-corrected chi connectivity index (χ0v) is 24.1. The van der Waals surface area contributed by atoms with E-state index in [-0.39, 0.29) is 17.3 Å². The summed E-state index contributed by atoms with van der Waals surface area (Å²) in [5.41, 5.74) is 1.61. The van der Waals surface area contributed by atoms with E-state index in [1.165, 1.54) is 40.5 Å². The van der Waals surface area contributed by atoms with Crippen LogP contribution in [0, 0.1) is 19.8 Å². The lowest BCUT2D eigenvalue weighted by Crippen LogP contribution is -2.44. The number of nitriles is 1. The normalized spacial score (nSPS) is 14.4. The Labute approximate surface area is 245 Å². The molecule has 0 unspecified atom stereocenters. The van der Waals surface area contributed by atoms with Gasteiger partial charge in [-0.2, -0.15) is 5.26 Å². The minimum absolute atomic E-state index is 0.201. The van der Waals surface area contributed by atoms with Crippen molar-refractivity contribution in [3.05, 3.63) is 74.7 Å². The zero-order chi connectivity index (χ0) is 27.9. The van der Waals surface area contributed by atoms with Gasteiger partial charge in [-0.15, -0.1) is 4.91 Å². The Kier molecular flexibility index (Phi) is 7.02. The molecule has 1 aliphatic heterocycles. The van der Waals surface area contributed by atoms with Crippen LogP contribution in [0.5, 0.6) is 5.75 Å². The number of anilines is 3. The van der Waals surface area contributed by atoms with Crippen molar-refractivity contribution >= 4 is 95.7 Å². The van der Waals surface area contributed by atoms with E-state index in [1.54, 1.807) is 43.0 Å². The van der Waals surface area contributed by atoms with Crippen molar-refractivity contribution in [3.63, 3.8) is 0 Å². The summed E-state index contributed by atoms with van der Waals surface area (Å²) in [6.45, 7) is 3.59. The van der Waals surface area contributed by atoms with E-state index in [4.69, 9.17) is 17.0 Å². The highest BCUT2D eigenvalue weighted by molar-refractivity contribution is 14.1. The van der Waals surface area contributed by atoms with Gasteiger partial charge in [0.1, 0.15) is 23.0 Å². The van der Waals surface area contributed by atoms with Crippen molar-refractivity contribution in [2.75, 3.05) is 15.1 Å². The number of carbonyl (C=O) groups is 2. The number of nitroso groups, excluding NO2 is 1. The first kappa shape index (κ1) is 26.6. The second-order valence-electron chi connectivity index (χ2n) is 8.86. The molecular formula is C26H17IN6O4S2. The van der Waals surface area contributed by atoms with E-state index in [2.05, 4.69) is 44.1 Å². The van der Waals surface area contributed by atoms with Gasteiger partial charge in [-0.1, -0.05) is 11.3 Å². The minimum atomic E-state index is -0.986. The number of rotatable bonds is 5. The predicted molar refractivity (Wildman–Crippen MR) is 162 cm³/mol. The first-order chi connectivity index (χ1) is 18.6. The average Bonchev–Trinajstić information content (AvgIpc) is 3.37. The number of thiocarbonyl (C=S) groups is 1. The fourth-order valence-corrected chi connectivity index (χ4v) is 6.07. The van der Waals surface area contributed by atoms with E-state index >= 15 is 0 Å². The lowest BCUT2D eigenvalue weighted by atomic mass is 10.0. The molecule has 1 aromatic heterocycles. The van der Waals surface area contributed by atoms with Crippen LogP contribution in [-0.2, 0) is 4.79 Å². The summed E-state index contributed by atoms with van der Waals surface area (Å²) in [6.07, 6.45) is -0.735. The Morgan fingerprint density at radius 3 is 2.54 bits per heavy atom. The van der Waals surface area contributed by atoms with Crippen LogP contribution in [0.2, 0.25) is 0 Å². The molecule has 2 amide bonds. The van der Waals surface area contributed by atoms with Crippen molar-refractivity contribution in [1.29, 1.82) is 5.26 Å². The summed E-state index contributed by atoms with van der Waals surface area (Å²) in [5.74, 6) is 0.0488. The molecule has 39 heavy (non-hydrogen) atoms. The standard InChI is InChI=1S/C26H17IN6O4S2/c1-26(2)22(34)32(16-6-3-14(13-28)19(27)11-16)25(38)33(26)17-7-10-21-20(12-17)29-23(39-21)30-24(35)37-18-8-4-15(31-36)5-9-18/h3-12H,1-2H3,(H,29,30,35). The van der Waals surface area contributed by atoms with Gasteiger partial charge in [-0.05, 0) is 114 Å². The Hall–Kier alpha value is -4.00. The van der Waals surface area contributed by atoms with Crippen molar-refractivity contribution < 1.29 is 14.3 Å². The number of hydrogen-bond acceptors (Lipinski definition) is 9. The second kappa shape index (κ2) is 10.3. The lowest BCUT2D eigenvalue weighted by molar-refractivity contribution is -0.120. The number of benzene rings is 3. The third-order valence-corrected chi connectivity index (χ3v) is 8.20. The van der Waals surface area contributed by atoms with Crippen LogP contribution in [-0.4, -0.2) is 27.6 Å². The molecule has 5 rings (SSSR count). The highest BCUT2D eigenvalue weighted by Crippen LogP contribution is 2.39. The maximum absolute atomic E-state index is 13.5. The Bertz CT molecular complexity index is 1710. The van der Waals surface area contributed by atoms with Gasteiger partial charge in [-0.25, -0.2) is 9.78 Å². The number of amides is 2. The molecule has 1 saturated heterocycles. The molecule has 10 nitrogen and oxygen atoms in total. The van der Waals surface area contributed by atoms with E-state index in [9.17, 15) is 19.8 Å². The molecule has 1 aliphatic rings. The fourth-order valence-electron chi connectivity index (χ4n) is 4.09. The highest BCUT2D eigenvalue weighted by Gasteiger charge is 2.50. The number of fused-ring (bicyclic) bond motifs is 1. The largest absolute Gasteiger partial charge is 0.418 e. The number of thiazole rings is 1. The van der Waals surface area contributed by atoms with Gasteiger partial charge in [0.05, 0.1) is 21.5 Å². The maximum Gasteiger partial charge on any atom is 0.418 e. The number of nitrogens with zero attached hydrogens (tertiary/aromatic N) is 5. The van der Waals surface area contributed by atoms with Crippen LogP contribution in [0.4, 0.5) is 27.0 Å². The number of ether oxygens (including phenoxy) is 1. The molecule has 0 aliphatic carbocycles. The van der Waals surface area contributed by atoms with Gasteiger partial charge in [-0.3, -0.25) is 15.0 Å². The van der Waals surface area contributed by atoms with Crippen LogP contribution in [0.25, 0.3) is 10.2 Å². The Morgan fingerprint density at radius 2 is 1.87 bits per heavy atom. The first-order valence-electron chi connectivity index (χ1n) is 11.3. The summed E-state index contributed by atoms with van der Waals surface area (Å²) in [6, 6.07) is 18.6. The van der Waals surface area contributed by atoms with Gasteiger partial charge >= 0.3 is 6.09 Å². The summed E-state index contributed by atoms with van der Waals surface area (Å²) >= 11 is 9.09. The molecule has 0 bridgehead atoms. The van der Waals surface area contributed by atoms with Crippen molar-refractivity contribution in [3.8, 4) is 11.8 Å². The second-order valence-corrected chi connectivity index (χ2v) is 11.4. The molecule has 1 fully saturated rings. The minimum Gasteiger partial charge on any atom is -0.410 e. The van der Waals surface area contributed by atoms with Gasteiger partial charge in [0.2, 0.25) is 0 Å². The van der Waals surface area contributed by atoms with E-state index in [0.29, 0.717) is 32.7 Å². The monoisotopic (exact) mass is 668 g/mol. The SMILES string of the molecule is CC1(C)C(=O)N(c2ccc(C#N)c(I)c2)C(=S)N1c1ccc2sc(NC(=O)Oc3ccc(N=O)cc3)nc2c1.